The fourth-order valence-electron chi connectivity index (χ4n) is 3.04. The van der Waals surface area contributed by atoms with Crippen LogP contribution in [0.4, 0.5) is 5.69 Å². The van der Waals surface area contributed by atoms with Crippen molar-refractivity contribution < 1.29 is 0 Å². The van der Waals surface area contributed by atoms with E-state index in [-0.39, 0.29) is 0 Å². The first-order valence-electron chi connectivity index (χ1n) is 7.68. The third kappa shape index (κ3) is 2.75. The Kier molecular flexibility index (Phi) is 4.29. The van der Waals surface area contributed by atoms with Gasteiger partial charge in [0.15, 0.2) is 0 Å². The molecular weight excluding hydrogens is 316 g/mol. The zero-order valence-corrected chi connectivity index (χ0v) is 14.4. The van der Waals surface area contributed by atoms with Crippen LogP contribution in [-0.2, 0) is 0 Å². The SMILES string of the molecule is Cc1c(-c2ccc(Cl)cc2)cccc1-c1ccc(N)c(C#N)c1C. The summed E-state index contributed by atoms with van der Waals surface area (Å²) in [5.74, 6) is 0. The van der Waals surface area contributed by atoms with E-state index in [9.17, 15) is 5.26 Å². The molecule has 2 N–H and O–H groups in total. The van der Waals surface area contributed by atoms with Crippen LogP contribution in [-0.4, -0.2) is 0 Å². The van der Waals surface area contributed by atoms with Gasteiger partial charge in [0.1, 0.15) is 6.07 Å². The molecule has 118 valence electrons. The molecule has 0 aromatic heterocycles. The molecule has 3 aromatic carbocycles. The largest absolute Gasteiger partial charge is 0.398 e. The van der Waals surface area contributed by atoms with Crippen molar-refractivity contribution in [3.8, 4) is 28.3 Å². The van der Waals surface area contributed by atoms with Crippen LogP contribution in [0.5, 0.6) is 0 Å². The maximum Gasteiger partial charge on any atom is 0.102 e. The second-order valence-electron chi connectivity index (χ2n) is 5.80. The van der Waals surface area contributed by atoms with E-state index in [0.717, 1.165) is 38.4 Å². The highest BCUT2D eigenvalue weighted by Gasteiger charge is 2.13. The summed E-state index contributed by atoms with van der Waals surface area (Å²) in [6.45, 7) is 4.04. The summed E-state index contributed by atoms with van der Waals surface area (Å²) in [6.07, 6.45) is 0. The van der Waals surface area contributed by atoms with E-state index < -0.39 is 0 Å². The molecular formula is C21H17ClN2. The predicted octanol–water partition coefficient (Wildman–Crippen LogP) is 5.74. The monoisotopic (exact) mass is 332 g/mol. The molecule has 0 spiro atoms. The number of rotatable bonds is 2. The van der Waals surface area contributed by atoms with E-state index in [1.54, 1.807) is 6.07 Å². The molecule has 0 aliphatic carbocycles. The van der Waals surface area contributed by atoms with E-state index in [1.807, 2.05) is 43.3 Å². The lowest BCUT2D eigenvalue weighted by Gasteiger charge is -2.15. The first-order chi connectivity index (χ1) is 11.5. The molecule has 3 aromatic rings. The van der Waals surface area contributed by atoms with Gasteiger partial charge >= 0.3 is 0 Å². The van der Waals surface area contributed by atoms with Crippen molar-refractivity contribution in [1.29, 1.82) is 5.26 Å². The summed E-state index contributed by atoms with van der Waals surface area (Å²) in [7, 11) is 0. The van der Waals surface area contributed by atoms with Gasteiger partial charge in [-0.2, -0.15) is 5.26 Å². The molecule has 0 bridgehead atoms. The Hall–Kier alpha value is -2.76. The highest BCUT2D eigenvalue weighted by atomic mass is 35.5. The maximum atomic E-state index is 9.36. The lowest BCUT2D eigenvalue weighted by molar-refractivity contribution is 1.37. The van der Waals surface area contributed by atoms with Crippen molar-refractivity contribution in [3.63, 3.8) is 0 Å². The smallest absolute Gasteiger partial charge is 0.102 e. The number of hydrogen-bond acceptors (Lipinski definition) is 2. The van der Waals surface area contributed by atoms with Crippen LogP contribution in [0, 0.1) is 25.2 Å². The summed E-state index contributed by atoms with van der Waals surface area (Å²) < 4.78 is 0. The van der Waals surface area contributed by atoms with Gasteiger partial charge in [-0.05, 0) is 65.4 Å². The van der Waals surface area contributed by atoms with Gasteiger partial charge < -0.3 is 5.73 Å². The van der Waals surface area contributed by atoms with Gasteiger partial charge in [0.2, 0.25) is 0 Å². The molecule has 24 heavy (non-hydrogen) atoms. The number of hydrogen-bond donors (Lipinski definition) is 1. The zero-order valence-electron chi connectivity index (χ0n) is 13.6. The van der Waals surface area contributed by atoms with Gasteiger partial charge in [0.25, 0.3) is 0 Å². The van der Waals surface area contributed by atoms with Crippen LogP contribution < -0.4 is 5.73 Å². The Morgan fingerprint density at radius 3 is 2.12 bits per heavy atom. The number of nitrogen functional groups attached to an aromatic ring is 1. The molecule has 3 heteroatoms. The van der Waals surface area contributed by atoms with Crippen molar-refractivity contribution in [1.82, 2.24) is 0 Å². The topological polar surface area (TPSA) is 49.8 Å². The highest BCUT2D eigenvalue weighted by molar-refractivity contribution is 6.30. The fraction of sp³-hybridized carbons (Fsp3) is 0.0952. The molecule has 0 saturated heterocycles. The number of anilines is 1. The number of halogens is 1. The number of nitrogens with zero attached hydrogens (tertiary/aromatic N) is 1. The molecule has 0 radical (unpaired) electrons. The van der Waals surface area contributed by atoms with Crippen LogP contribution >= 0.6 is 11.6 Å². The second-order valence-corrected chi connectivity index (χ2v) is 6.24. The van der Waals surface area contributed by atoms with Crippen LogP contribution in [0.15, 0.2) is 54.6 Å². The summed E-state index contributed by atoms with van der Waals surface area (Å²) in [5, 5.41) is 10.1. The average Bonchev–Trinajstić information content (AvgIpc) is 2.57. The lowest BCUT2D eigenvalue weighted by atomic mass is 9.89. The van der Waals surface area contributed by atoms with Crippen molar-refractivity contribution in [2.24, 2.45) is 0 Å². The molecule has 3 rings (SSSR count). The summed E-state index contributed by atoms with van der Waals surface area (Å²) >= 11 is 5.99. The van der Waals surface area contributed by atoms with Gasteiger partial charge in [0.05, 0.1) is 5.56 Å². The molecule has 0 aliphatic rings. The van der Waals surface area contributed by atoms with Crippen molar-refractivity contribution in [3.05, 3.63) is 76.3 Å². The van der Waals surface area contributed by atoms with E-state index in [0.29, 0.717) is 11.3 Å². The number of benzene rings is 3. The Balaban J connectivity index is 2.20. The van der Waals surface area contributed by atoms with Crippen molar-refractivity contribution in [2.75, 3.05) is 5.73 Å². The summed E-state index contributed by atoms with van der Waals surface area (Å²) in [5.41, 5.74) is 13.5. The van der Waals surface area contributed by atoms with Crippen molar-refractivity contribution >= 4 is 17.3 Å². The van der Waals surface area contributed by atoms with Gasteiger partial charge in [-0.25, -0.2) is 0 Å². The first-order valence-corrected chi connectivity index (χ1v) is 8.06. The Morgan fingerprint density at radius 2 is 1.46 bits per heavy atom. The minimum Gasteiger partial charge on any atom is -0.398 e. The van der Waals surface area contributed by atoms with Gasteiger partial charge in [-0.1, -0.05) is 48.0 Å². The molecule has 0 fully saturated rings. The quantitative estimate of drug-likeness (QED) is 0.608. The van der Waals surface area contributed by atoms with Gasteiger partial charge in [0, 0.05) is 10.7 Å². The number of nitriles is 1. The Labute approximate surface area is 147 Å². The zero-order chi connectivity index (χ0) is 17.3. The summed E-state index contributed by atoms with van der Waals surface area (Å²) in [4.78, 5) is 0. The molecule has 0 unspecified atom stereocenters. The van der Waals surface area contributed by atoms with Crippen LogP contribution in [0.2, 0.25) is 5.02 Å². The molecule has 0 aliphatic heterocycles. The Morgan fingerprint density at radius 1 is 0.833 bits per heavy atom. The molecule has 0 amide bonds. The van der Waals surface area contributed by atoms with E-state index >= 15 is 0 Å². The van der Waals surface area contributed by atoms with Gasteiger partial charge in [-0.15, -0.1) is 0 Å². The lowest BCUT2D eigenvalue weighted by Crippen LogP contribution is -1.97. The molecule has 2 nitrogen and oxygen atoms in total. The van der Waals surface area contributed by atoms with Crippen LogP contribution in [0.1, 0.15) is 16.7 Å². The second kappa shape index (κ2) is 6.39. The van der Waals surface area contributed by atoms with E-state index in [1.165, 1.54) is 0 Å². The van der Waals surface area contributed by atoms with E-state index in [4.69, 9.17) is 17.3 Å². The minimum absolute atomic E-state index is 0.519. The fourth-order valence-corrected chi connectivity index (χ4v) is 3.17. The van der Waals surface area contributed by atoms with E-state index in [2.05, 4.69) is 25.1 Å². The van der Waals surface area contributed by atoms with Crippen molar-refractivity contribution in [2.45, 2.75) is 13.8 Å². The minimum atomic E-state index is 0.519. The molecule has 0 atom stereocenters. The standard InChI is InChI=1S/C21H17ClN2/c1-13-17(15-6-8-16(22)9-7-15)4-3-5-18(13)19-10-11-21(24)20(12-23)14(19)2/h3-11H,24H2,1-2H3. The normalized spacial score (nSPS) is 10.4. The predicted molar refractivity (Wildman–Crippen MR) is 101 cm³/mol. The third-order valence-electron chi connectivity index (χ3n) is 4.39. The van der Waals surface area contributed by atoms with Gasteiger partial charge in [-0.3, -0.25) is 0 Å². The Bertz CT molecular complexity index is 951. The average molecular weight is 333 g/mol. The van der Waals surface area contributed by atoms with Crippen LogP contribution in [0.25, 0.3) is 22.3 Å². The van der Waals surface area contributed by atoms with Crippen LogP contribution in [0.3, 0.4) is 0 Å². The highest BCUT2D eigenvalue weighted by Crippen LogP contribution is 2.35. The maximum absolute atomic E-state index is 9.36. The summed E-state index contributed by atoms with van der Waals surface area (Å²) in [6, 6.07) is 20.0. The molecule has 0 saturated carbocycles. The molecule has 0 heterocycles. The number of nitrogens with two attached hydrogens (primary N) is 1. The first kappa shape index (κ1) is 16.1. The third-order valence-corrected chi connectivity index (χ3v) is 4.64.